The summed E-state index contributed by atoms with van der Waals surface area (Å²) in [6, 6.07) is 18.2. The summed E-state index contributed by atoms with van der Waals surface area (Å²) in [5, 5.41) is 3.36. The molecule has 0 aliphatic carbocycles. The number of pyridine rings is 1. The summed E-state index contributed by atoms with van der Waals surface area (Å²) in [6.07, 6.45) is 1.05. The molecule has 1 heterocycles. The number of benzene rings is 3. The van der Waals surface area contributed by atoms with Crippen LogP contribution >= 0.6 is 0 Å². The van der Waals surface area contributed by atoms with E-state index in [1.807, 2.05) is 24.3 Å². The molecule has 0 atom stereocenters. The van der Waals surface area contributed by atoms with E-state index >= 15 is 0 Å². The maximum Gasteiger partial charge on any atom is 0.0784 e. The molecule has 0 amide bonds. The Morgan fingerprint density at radius 3 is 2.17 bits per heavy atom. The van der Waals surface area contributed by atoms with Crippen molar-refractivity contribution in [2.24, 2.45) is 0 Å². The van der Waals surface area contributed by atoms with Gasteiger partial charge in [0.1, 0.15) is 0 Å². The Bertz CT molecular complexity index is 1510. The molecular formula is C27H29NSi. The van der Waals surface area contributed by atoms with E-state index in [1.165, 1.54) is 17.3 Å². The van der Waals surface area contributed by atoms with Crippen LogP contribution in [0.4, 0.5) is 0 Å². The quantitative estimate of drug-likeness (QED) is 0.334. The summed E-state index contributed by atoms with van der Waals surface area (Å²) in [5.74, 6) is 0. The van der Waals surface area contributed by atoms with Crippen molar-refractivity contribution in [2.45, 2.75) is 40.2 Å². The van der Waals surface area contributed by atoms with Crippen LogP contribution in [0.25, 0.3) is 33.2 Å². The number of fused-ring (bicyclic) bond motifs is 1. The zero-order chi connectivity index (χ0) is 28.3. The van der Waals surface area contributed by atoms with Gasteiger partial charge in [0, 0.05) is 24.1 Å². The minimum atomic E-state index is -2.68. The van der Waals surface area contributed by atoms with Gasteiger partial charge in [0.05, 0.1) is 13.8 Å². The topological polar surface area (TPSA) is 12.9 Å². The summed E-state index contributed by atoms with van der Waals surface area (Å²) in [6.45, 7) is -0.966. The first-order chi connectivity index (χ1) is 17.4. The van der Waals surface area contributed by atoms with Crippen LogP contribution < -0.4 is 5.19 Å². The van der Waals surface area contributed by atoms with Crippen LogP contribution in [0, 0.1) is 20.6 Å². The summed E-state index contributed by atoms with van der Waals surface area (Å²) in [4.78, 5) is 4.21. The number of rotatable bonds is 3. The highest BCUT2D eigenvalue weighted by Crippen LogP contribution is 2.33. The second-order valence-electron chi connectivity index (χ2n) is 8.33. The van der Waals surface area contributed by atoms with E-state index in [4.69, 9.17) is 12.3 Å². The summed E-state index contributed by atoms with van der Waals surface area (Å²) in [7, 11) is -1.67. The fraction of sp³-hybridized carbons (Fsp3) is 0.222. The SMILES string of the molecule is [2H]C([2H])([2H])c1cc(-c2cc(C([2H])([2H])[2H])c(C([2H])([2H])[2H])cn2)ccc1-c1ccc([Si](C)(C)C)c2ccccc12. The molecule has 4 aromatic rings. The van der Waals surface area contributed by atoms with Crippen molar-refractivity contribution in [1.29, 1.82) is 0 Å². The molecule has 1 aromatic heterocycles. The van der Waals surface area contributed by atoms with E-state index in [2.05, 4.69) is 36.8 Å². The van der Waals surface area contributed by atoms with Gasteiger partial charge in [-0.3, -0.25) is 4.98 Å². The monoisotopic (exact) mass is 404 g/mol. The minimum Gasteiger partial charge on any atom is -0.256 e. The number of nitrogens with zero attached hydrogens (tertiary/aromatic N) is 1. The first kappa shape index (κ1) is 11.5. The molecule has 146 valence electrons. The van der Waals surface area contributed by atoms with E-state index in [1.54, 1.807) is 12.1 Å². The first-order valence-corrected chi connectivity index (χ1v) is 13.1. The fourth-order valence-corrected chi connectivity index (χ4v) is 5.35. The third-order valence-electron chi connectivity index (χ3n) is 5.24. The van der Waals surface area contributed by atoms with Crippen LogP contribution in [0.1, 0.15) is 29.0 Å². The standard InChI is InChI=1S/C27H29NSi/c1-18-16-26(28-17-20(18)3)21-11-12-22(19(2)15-21)24-13-14-27(29(4,5)6)25-10-8-7-9-23(24)25/h7-17H,1-6H3/i1D3,2D3,3D3. The van der Waals surface area contributed by atoms with E-state index < -0.39 is 28.6 Å². The normalized spacial score (nSPS) is 17.7. The van der Waals surface area contributed by atoms with E-state index in [0.29, 0.717) is 11.1 Å². The Balaban J connectivity index is 1.95. The molecule has 4 rings (SSSR count). The zero-order valence-corrected chi connectivity index (χ0v) is 17.8. The molecule has 0 saturated carbocycles. The highest BCUT2D eigenvalue weighted by Gasteiger charge is 2.20. The molecule has 1 nitrogen and oxygen atoms in total. The number of hydrogen-bond acceptors (Lipinski definition) is 1. The van der Waals surface area contributed by atoms with Crippen molar-refractivity contribution in [1.82, 2.24) is 4.98 Å². The van der Waals surface area contributed by atoms with Gasteiger partial charge in [0.15, 0.2) is 0 Å². The fourth-order valence-electron chi connectivity index (χ4n) is 3.74. The molecule has 0 radical (unpaired) electrons. The molecule has 0 bridgehead atoms. The van der Waals surface area contributed by atoms with Gasteiger partial charge in [-0.1, -0.05) is 73.4 Å². The average Bonchev–Trinajstić information content (AvgIpc) is 2.80. The molecule has 0 fully saturated rings. The van der Waals surface area contributed by atoms with E-state index in [-0.39, 0.29) is 22.4 Å². The molecule has 0 N–H and O–H groups in total. The van der Waals surface area contributed by atoms with Gasteiger partial charge in [-0.25, -0.2) is 0 Å². The third kappa shape index (κ3) is 3.65. The second-order valence-corrected chi connectivity index (χ2v) is 13.4. The Hall–Kier alpha value is -2.71. The molecule has 0 spiro atoms. The average molecular weight is 405 g/mol. The van der Waals surface area contributed by atoms with Crippen LogP contribution in [0.3, 0.4) is 0 Å². The molecular weight excluding hydrogens is 366 g/mol. The summed E-state index contributed by atoms with van der Waals surface area (Å²) < 4.78 is 71.5. The second kappa shape index (κ2) is 7.27. The summed E-state index contributed by atoms with van der Waals surface area (Å²) >= 11 is 0. The van der Waals surface area contributed by atoms with Crippen molar-refractivity contribution < 1.29 is 12.3 Å². The maximum absolute atomic E-state index is 8.28. The predicted octanol–water partition coefficient (Wildman–Crippen LogP) is 7.04. The van der Waals surface area contributed by atoms with Crippen molar-refractivity contribution >= 4 is 24.0 Å². The predicted molar refractivity (Wildman–Crippen MR) is 130 cm³/mol. The largest absolute Gasteiger partial charge is 0.256 e. The van der Waals surface area contributed by atoms with Gasteiger partial charge in [0.25, 0.3) is 0 Å². The third-order valence-corrected chi connectivity index (χ3v) is 7.29. The number of hydrogen-bond donors (Lipinski definition) is 0. The Morgan fingerprint density at radius 1 is 0.724 bits per heavy atom. The van der Waals surface area contributed by atoms with Crippen LogP contribution in [-0.2, 0) is 0 Å². The maximum atomic E-state index is 8.28. The Labute approximate surface area is 188 Å². The first-order valence-electron chi connectivity index (χ1n) is 14.1. The molecule has 3 aromatic carbocycles. The molecule has 0 unspecified atom stereocenters. The zero-order valence-electron chi connectivity index (χ0n) is 25.8. The highest BCUT2D eigenvalue weighted by molar-refractivity contribution is 6.90. The molecule has 2 heteroatoms. The van der Waals surface area contributed by atoms with Gasteiger partial charge in [0.2, 0.25) is 0 Å². The van der Waals surface area contributed by atoms with Gasteiger partial charge in [-0.2, -0.15) is 0 Å². The van der Waals surface area contributed by atoms with Crippen molar-refractivity contribution in [3.05, 3.63) is 83.6 Å². The van der Waals surface area contributed by atoms with Crippen molar-refractivity contribution in [3.63, 3.8) is 0 Å². The van der Waals surface area contributed by atoms with Gasteiger partial charge in [-0.05, 0) is 71.3 Å². The van der Waals surface area contributed by atoms with Crippen LogP contribution in [0.15, 0.2) is 66.9 Å². The van der Waals surface area contributed by atoms with Gasteiger partial charge < -0.3 is 0 Å². The van der Waals surface area contributed by atoms with Crippen molar-refractivity contribution in [2.75, 3.05) is 0 Å². The van der Waals surface area contributed by atoms with E-state index in [9.17, 15) is 0 Å². The molecule has 0 aliphatic heterocycles. The Morgan fingerprint density at radius 2 is 1.45 bits per heavy atom. The summed E-state index contributed by atoms with van der Waals surface area (Å²) in [5.41, 5.74) is 1.39. The number of aromatic nitrogens is 1. The Kier molecular flexibility index (Phi) is 2.88. The lowest BCUT2D eigenvalue weighted by Gasteiger charge is -2.21. The smallest absolute Gasteiger partial charge is 0.0784 e. The van der Waals surface area contributed by atoms with Crippen LogP contribution in [0.5, 0.6) is 0 Å². The highest BCUT2D eigenvalue weighted by atomic mass is 28.3. The lowest BCUT2D eigenvalue weighted by atomic mass is 9.93. The lowest BCUT2D eigenvalue weighted by molar-refractivity contribution is 1.22. The van der Waals surface area contributed by atoms with E-state index in [0.717, 1.165) is 22.5 Å². The lowest BCUT2D eigenvalue weighted by Crippen LogP contribution is -2.38. The molecule has 0 saturated heterocycles. The van der Waals surface area contributed by atoms with Crippen LogP contribution in [-0.4, -0.2) is 13.1 Å². The number of aryl methyl sites for hydroxylation is 3. The minimum absolute atomic E-state index is 0.109. The van der Waals surface area contributed by atoms with Gasteiger partial charge >= 0.3 is 0 Å². The molecule has 29 heavy (non-hydrogen) atoms. The van der Waals surface area contributed by atoms with Crippen LogP contribution in [0.2, 0.25) is 19.6 Å². The van der Waals surface area contributed by atoms with Gasteiger partial charge in [-0.15, -0.1) is 0 Å². The van der Waals surface area contributed by atoms with Crippen molar-refractivity contribution in [3.8, 4) is 22.4 Å². The molecule has 0 aliphatic rings.